The van der Waals surface area contributed by atoms with E-state index in [0.717, 1.165) is 73.5 Å². The lowest BCUT2D eigenvalue weighted by molar-refractivity contribution is 0.466. The van der Waals surface area contributed by atoms with E-state index in [9.17, 15) is 0 Å². The van der Waals surface area contributed by atoms with Crippen molar-refractivity contribution in [1.29, 1.82) is 0 Å². The first-order valence-corrected chi connectivity index (χ1v) is 18.4. The third-order valence-corrected chi connectivity index (χ3v) is 10.5. The fourth-order valence-corrected chi connectivity index (χ4v) is 7.75. The topological polar surface area (TPSA) is 24.9 Å². The van der Waals surface area contributed by atoms with Gasteiger partial charge in [-0.3, -0.25) is 0 Å². The molecule has 0 saturated carbocycles. The van der Waals surface area contributed by atoms with Crippen LogP contribution in [0.1, 0.15) is 33.4 Å². The number of benzene rings is 7. The SMILES string of the molecule is Cc1ccc(N(c2ccc(C)cc2)c2cc(N(c3ccc(C)cc3)c3ccc(C)cc3)c3c4c2Oc2ccc(C)cc2B4c2cc(C)ccc2O3)cc1. The Hall–Kier alpha value is -6.20. The molecule has 2 aliphatic rings. The van der Waals surface area contributed by atoms with Crippen molar-refractivity contribution < 1.29 is 9.47 Å². The smallest absolute Gasteiger partial charge is 0.260 e. The maximum Gasteiger partial charge on any atom is 0.260 e. The lowest BCUT2D eigenvalue weighted by Crippen LogP contribution is -2.58. The molecule has 2 heterocycles. The van der Waals surface area contributed by atoms with Crippen LogP contribution in [-0.4, -0.2) is 6.71 Å². The second-order valence-corrected chi connectivity index (χ2v) is 14.7. The Bertz CT molecular complexity index is 2240. The standard InChI is InChI=1S/C48H41BN2O2/c1-30-7-17-36(18-8-30)50(37-19-9-31(2)10-20-37)42-29-43(51(38-21-11-32(3)12-22-38)39-23-13-33(4)14-24-39)48-46-47(42)52-44-25-15-34(5)27-40(44)49(46)41-28-35(6)16-26-45(41)53-48/h7-29H,1-6H3. The summed E-state index contributed by atoms with van der Waals surface area (Å²) in [6.45, 7) is 12.7. The van der Waals surface area contributed by atoms with Crippen LogP contribution >= 0.6 is 0 Å². The Kier molecular flexibility index (Phi) is 7.89. The number of rotatable bonds is 6. The first-order valence-electron chi connectivity index (χ1n) is 18.4. The molecule has 0 aliphatic carbocycles. The van der Waals surface area contributed by atoms with Gasteiger partial charge in [0.05, 0.1) is 11.4 Å². The molecule has 9 rings (SSSR count). The summed E-state index contributed by atoms with van der Waals surface area (Å²) in [6, 6.07) is 50.4. The maximum absolute atomic E-state index is 7.16. The molecule has 7 aromatic rings. The number of hydrogen-bond acceptors (Lipinski definition) is 4. The molecule has 0 radical (unpaired) electrons. The lowest BCUT2D eigenvalue weighted by atomic mass is 9.34. The van der Waals surface area contributed by atoms with Gasteiger partial charge in [-0.05, 0) is 119 Å². The van der Waals surface area contributed by atoms with Crippen molar-refractivity contribution in [3.8, 4) is 23.0 Å². The predicted molar refractivity (Wildman–Crippen MR) is 222 cm³/mol. The number of anilines is 6. The van der Waals surface area contributed by atoms with Gasteiger partial charge in [-0.15, -0.1) is 0 Å². The van der Waals surface area contributed by atoms with Gasteiger partial charge in [0.15, 0.2) is 11.5 Å². The van der Waals surface area contributed by atoms with Gasteiger partial charge in [0, 0.05) is 28.2 Å². The number of ether oxygens (including phenoxy) is 2. The third kappa shape index (κ3) is 5.73. The van der Waals surface area contributed by atoms with E-state index in [-0.39, 0.29) is 6.71 Å². The molecule has 0 aromatic heterocycles. The average molecular weight is 689 g/mol. The highest BCUT2D eigenvalue weighted by molar-refractivity contribution is 6.98. The number of fused-ring (bicyclic) bond motifs is 4. The molecule has 0 saturated heterocycles. The number of aryl methyl sites for hydroxylation is 6. The summed E-state index contributed by atoms with van der Waals surface area (Å²) in [6.07, 6.45) is 0. The van der Waals surface area contributed by atoms with Gasteiger partial charge in [-0.2, -0.15) is 0 Å². The number of hydrogen-bond donors (Lipinski definition) is 0. The molecule has 5 heteroatoms. The van der Waals surface area contributed by atoms with Gasteiger partial charge in [-0.25, -0.2) is 0 Å². The molecular weight excluding hydrogens is 647 g/mol. The Morgan fingerprint density at radius 3 is 0.981 bits per heavy atom. The van der Waals surface area contributed by atoms with Crippen molar-refractivity contribution >= 4 is 57.2 Å². The molecule has 0 N–H and O–H groups in total. The van der Waals surface area contributed by atoms with E-state index in [1.165, 1.54) is 33.4 Å². The van der Waals surface area contributed by atoms with Crippen molar-refractivity contribution in [2.24, 2.45) is 0 Å². The van der Waals surface area contributed by atoms with Crippen molar-refractivity contribution in [2.75, 3.05) is 9.80 Å². The van der Waals surface area contributed by atoms with Crippen LogP contribution in [0.5, 0.6) is 23.0 Å². The molecular formula is C48H41BN2O2. The summed E-state index contributed by atoms with van der Waals surface area (Å²) in [5.74, 6) is 3.32. The monoisotopic (exact) mass is 688 g/mol. The van der Waals surface area contributed by atoms with Crippen molar-refractivity contribution in [3.63, 3.8) is 0 Å². The average Bonchev–Trinajstić information content (AvgIpc) is 3.16. The fourth-order valence-electron chi connectivity index (χ4n) is 7.75. The molecule has 53 heavy (non-hydrogen) atoms. The van der Waals surface area contributed by atoms with Crippen molar-refractivity contribution in [1.82, 2.24) is 0 Å². The van der Waals surface area contributed by atoms with Crippen LogP contribution in [0.2, 0.25) is 0 Å². The largest absolute Gasteiger partial charge is 0.456 e. The molecule has 7 aromatic carbocycles. The van der Waals surface area contributed by atoms with Crippen LogP contribution in [0.4, 0.5) is 34.1 Å². The van der Waals surface area contributed by atoms with Crippen LogP contribution < -0.4 is 35.7 Å². The first kappa shape index (κ1) is 32.7. The molecule has 0 atom stereocenters. The highest BCUT2D eigenvalue weighted by Crippen LogP contribution is 2.52. The minimum absolute atomic E-state index is 0.109. The molecule has 0 fully saturated rings. The molecule has 0 spiro atoms. The van der Waals surface area contributed by atoms with Gasteiger partial charge < -0.3 is 19.3 Å². The first-order chi connectivity index (χ1) is 25.7. The van der Waals surface area contributed by atoms with Crippen LogP contribution in [0.15, 0.2) is 140 Å². The summed E-state index contributed by atoms with van der Waals surface area (Å²) in [7, 11) is 0. The Balaban J connectivity index is 1.42. The van der Waals surface area contributed by atoms with E-state index >= 15 is 0 Å². The van der Waals surface area contributed by atoms with Crippen LogP contribution in [0, 0.1) is 41.5 Å². The molecule has 0 unspecified atom stereocenters. The van der Waals surface area contributed by atoms with Gasteiger partial charge in [0.1, 0.15) is 11.5 Å². The van der Waals surface area contributed by atoms with E-state index in [4.69, 9.17) is 9.47 Å². The third-order valence-electron chi connectivity index (χ3n) is 10.5. The zero-order chi connectivity index (χ0) is 36.4. The predicted octanol–water partition coefficient (Wildman–Crippen LogP) is 11.2. The zero-order valence-electron chi connectivity index (χ0n) is 31.1. The maximum atomic E-state index is 7.16. The highest BCUT2D eigenvalue weighted by atomic mass is 16.5. The van der Waals surface area contributed by atoms with E-state index in [1.54, 1.807) is 0 Å². The lowest BCUT2D eigenvalue weighted by Gasteiger charge is -2.39. The second-order valence-electron chi connectivity index (χ2n) is 14.7. The highest BCUT2D eigenvalue weighted by Gasteiger charge is 2.44. The van der Waals surface area contributed by atoms with E-state index in [0.29, 0.717) is 0 Å². The quantitative estimate of drug-likeness (QED) is 0.162. The van der Waals surface area contributed by atoms with Crippen molar-refractivity contribution in [2.45, 2.75) is 41.5 Å². The molecule has 0 bridgehead atoms. The Morgan fingerprint density at radius 1 is 0.358 bits per heavy atom. The van der Waals surface area contributed by atoms with Gasteiger partial charge in [0.25, 0.3) is 6.71 Å². The van der Waals surface area contributed by atoms with Crippen LogP contribution in [-0.2, 0) is 0 Å². The number of nitrogens with zero attached hydrogens (tertiary/aromatic N) is 2. The normalized spacial score (nSPS) is 12.2. The Labute approximate surface area is 313 Å². The summed E-state index contributed by atoms with van der Waals surface area (Å²) in [4.78, 5) is 4.67. The van der Waals surface area contributed by atoms with E-state index in [2.05, 4.69) is 191 Å². The molecule has 2 aliphatic heterocycles. The summed E-state index contributed by atoms with van der Waals surface area (Å²) in [5.41, 5.74) is 16.6. The summed E-state index contributed by atoms with van der Waals surface area (Å²) >= 11 is 0. The zero-order valence-corrected chi connectivity index (χ0v) is 31.1. The fraction of sp³-hybridized carbons (Fsp3) is 0.125. The van der Waals surface area contributed by atoms with E-state index < -0.39 is 0 Å². The van der Waals surface area contributed by atoms with Crippen molar-refractivity contribution in [3.05, 3.63) is 173 Å². The second kappa shape index (κ2) is 12.8. The van der Waals surface area contributed by atoms with E-state index in [1.807, 2.05) is 0 Å². The minimum atomic E-state index is -0.109. The van der Waals surface area contributed by atoms with Gasteiger partial charge in [0.2, 0.25) is 0 Å². The van der Waals surface area contributed by atoms with Crippen LogP contribution in [0.25, 0.3) is 0 Å². The molecule has 4 nitrogen and oxygen atoms in total. The molecule has 258 valence electrons. The van der Waals surface area contributed by atoms with Gasteiger partial charge >= 0.3 is 0 Å². The van der Waals surface area contributed by atoms with Crippen LogP contribution in [0.3, 0.4) is 0 Å². The Morgan fingerprint density at radius 2 is 0.660 bits per heavy atom. The summed E-state index contributed by atoms with van der Waals surface area (Å²) < 4.78 is 14.3. The molecule has 0 amide bonds. The minimum Gasteiger partial charge on any atom is -0.456 e. The van der Waals surface area contributed by atoms with Gasteiger partial charge in [-0.1, -0.05) is 106 Å². The summed E-state index contributed by atoms with van der Waals surface area (Å²) in [5, 5.41) is 0.